The minimum atomic E-state index is -3.40. The van der Waals surface area contributed by atoms with Crippen LogP contribution in [0.25, 0.3) is 0 Å². The van der Waals surface area contributed by atoms with Gasteiger partial charge in [-0.25, -0.2) is 8.42 Å². The number of methoxy groups -OCH3 is 1. The number of sulfone groups is 1. The minimum Gasteiger partial charge on any atom is -0.497 e. The second-order valence-electron chi connectivity index (χ2n) is 5.86. The van der Waals surface area contributed by atoms with Gasteiger partial charge in [-0.2, -0.15) is 0 Å². The fourth-order valence-electron chi connectivity index (χ4n) is 2.23. The Balaban J connectivity index is 1.92. The molecule has 0 bridgehead atoms. The maximum absolute atomic E-state index is 12.3. The first-order chi connectivity index (χ1) is 12.7. The zero-order valence-corrected chi connectivity index (χ0v) is 16.8. The van der Waals surface area contributed by atoms with Gasteiger partial charge in [0.05, 0.1) is 12.0 Å². The van der Waals surface area contributed by atoms with Crippen molar-refractivity contribution in [2.75, 3.05) is 13.4 Å². The number of hydrazine groups is 1. The van der Waals surface area contributed by atoms with E-state index in [1.165, 1.54) is 12.1 Å². The summed E-state index contributed by atoms with van der Waals surface area (Å²) in [6.07, 6.45) is 1.09. The van der Waals surface area contributed by atoms with E-state index < -0.39 is 15.7 Å². The van der Waals surface area contributed by atoms with Gasteiger partial charge in [0.1, 0.15) is 5.75 Å². The average molecular weight is 408 g/mol. The lowest BCUT2D eigenvalue weighted by Gasteiger charge is -2.13. The van der Waals surface area contributed by atoms with E-state index in [-0.39, 0.29) is 15.6 Å². The molecular formula is C18H21N3O4S2. The second-order valence-corrected chi connectivity index (χ2v) is 8.28. The highest BCUT2D eigenvalue weighted by molar-refractivity contribution is 7.90. The number of thiocarbonyl (C=S) groups is 1. The van der Waals surface area contributed by atoms with Crippen molar-refractivity contribution >= 4 is 33.1 Å². The molecule has 0 aliphatic rings. The first-order valence-electron chi connectivity index (χ1n) is 7.98. The van der Waals surface area contributed by atoms with Crippen molar-refractivity contribution in [1.29, 1.82) is 0 Å². The van der Waals surface area contributed by atoms with Gasteiger partial charge in [0.25, 0.3) is 5.91 Å². The van der Waals surface area contributed by atoms with Crippen molar-refractivity contribution < 1.29 is 17.9 Å². The van der Waals surface area contributed by atoms with E-state index in [0.29, 0.717) is 12.1 Å². The van der Waals surface area contributed by atoms with Gasteiger partial charge in [-0.1, -0.05) is 18.2 Å². The maximum Gasteiger partial charge on any atom is 0.269 e. The van der Waals surface area contributed by atoms with Gasteiger partial charge in [-0.15, -0.1) is 0 Å². The highest BCUT2D eigenvalue weighted by Gasteiger charge is 2.14. The van der Waals surface area contributed by atoms with Crippen LogP contribution >= 0.6 is 12.2 Å². The Labute approximate surface area is 164 Å². The molecule has 0 heterocycles. The third-order valence-electron chi connectivity index (χ3n) is 3.78. The SMILES string of the molecule is COc1ccc(CNC(=S)NNC(=O)c2cc(S(C)(=O)=O)ccc2C)cc1. The molecule has 0 fully saturated rings. The number of amides is 1. The van der Waals surface area contributed by atoms with Crippen LogP contribution in [0.4, 0.5) is 0 Å². The Morgan fingerprint density at radius 3 is 2.37 bits per heavy atom. The molecule has 2 aromatic rings. The second kappa shape index (κ2) is 8.83. The summed E-state index contributed by atoms with van der Waals surface area (Å²) >= 11 is 5.13. The number of aryl methyl sites for hydroxylation is 1. The molecule has 0 aromatic heterocycles. The van der Waals surface area contributed by atoms with Crippen LogP contribution in [0.1, 0.15) is 21.5 Å². The van der Waals surface area contributed by atoms with Crippen LogP contribution in [0.2, 0.25) is 0 Å². The van der Waals surface area contributed by atoms with Crippen LogP contribution in [0.15, 0.2) is 47.4 Å². The zero-order chi connectivity index (χ0) is 20.0. The molecular weight excluding hydrogens is 386 g/mol. The molecule has 0 atom stereocenters. The summed E-state index contributed by atoms with van der Waals surface area (Å²) in [5.41, 5.74) is 6.96. The van der Waals surface area contributed by atoms with Crippen LogP contribution in [0.3, 0.4) is 0 Å². The molecule has 9 heteroatoms. The summed E-state index contributed by atoms with van der Waals surface area (Å²) in [6, 6.07) is 11.9. The normalized spacial score (nSPS) is 10.8. The molecule has 2 aromatic carbocycles. The predicted octanol–water partition coefficient (Wildman–Crippen LogP) is 1.72. The molecule has 2 rings (SSSR count). The van der Waals surface area contributed by atoms with Gasteiger partial charge in [0, 0.05) is 18.4 Å². The molecule has 0 aliphatic heterocycles. The highest BCUT2D eigenvalue weighted by atomic mass is 32.2. The van der Waals surface area contributed by atoms with Gasteiger partial charge >= 0.3 is 0 Å². The van der Waals surface area contributed by atoms with E-state index in [2.05, 4.69) is 16.2 Å². The van der Waals surface area contributed by atoms with E-state index in [9.17, 15) is 13.2 Å². The van der Waals surface area contributed by atoms with Crippen molar-refractivity contribution in [3.8, 4) is 5.75 Å². The summed E-state index contributed by atoms with van der Waals surface area (Å²) in [5, 5.41) is 3.19. The molecule has 0 saturated heterocycles. The van der Waals surface area contributed by atoms with Crippen LogP contribution in [0.5, 0.6) is 5.75 Å². The van der Waals surface area contributed by atoms with Gasteiger partial charge in [-0.3, -0.25) is 15.6 Å². The van der Waals surface area contributed by atoms with E-state index in [1.54, 1.807) is 20.1 Å². The average Bonchev–Trinajstić information content (AvgIpc) is 2.64. The van der Waals surface area contributed by atoms with Crippen molar-refractivity contribution in [3.63, 3.8) is 0 Å². The molecule has 3 N–H and O–H groups in total. The quantitative estimate of drug-likeness (QED) is 0.513. The Kier molecular flexibility index (Phi) is 6.75. The summed E-state index contributed by atoms with van der Waals surface area (Å²) < 4.78 is 28.4. The van der Waals surface area contributed by atoms with E-state index in [4.69, 9.17) is 17.0 Å². The number of carbonyl (C=O) groups is 1. The maximum atomic E-state index is 12.3. The molecule has 1 amide bonds. The van der Waals surface area contributed by atoms with E-state index in [1.807, 2.05) is 24.3 Å². The lowest BCUT2D eigenvalue weighted by Crippen LogP contribution is -2.46. The standard InChI is InChI=1S/C18H21N3O4S2/c1-12-4-9-15(27(3,23)24)10-16(12)17(22)20-21-18(26)19-11-13-5-7-14(25-2)8-6-13/h4-10H,11H2,1-3H3,(H,20,22)(H2,19,21,26). The molecule has 7 nitrogen and oxygen atoms in total. The number of rotatable bonds is 5. The smallest absolute Gasteiger partial charge is 0.269 e. The number of hydrogen-bond acceptors (Lipinski definition) is 5. The molecule has 144 valence electrons. The third-order valence-corrected chi connectivity index (χ3v) is 5.14. The Morgan fingerprint density at radius 2 is 1.78 bits per heavy atom. The fourth-order valence-corrected chi connectivity index (χ4v) is 3.00. The lowest BCUT2D eigenvalue weighted by atomic mass is 10.1. The van der Waals surface area contributed by atoms with Crippen molar-refractivity contribution in [2.24, 2.45) is 0 Å². The number of hydrogen-bond donors (Lipinski definition) is 3. The van der Waals surface area contributed by atoms with Crippen molar-refractivity contribution in [2.45, 2.75) is 18.4 Å². The van der Waals surface area contributed by atoms with Crippen LogP contribution in [-0.4, -0.2) is 32.8 Å². The summed E-state index contributed by atoms with van der Waals surface area (Å²) in [4.78, 5) is 12.4. The third kappa shape index (κ3) is 5.93. The number of carbonyl (C=O) groups excluding carboxylic acids is 1. The molecule has 0 spiro atoms. The molecule has 27 heavy (non-hydrogen) atoms. The molecule has 0 saturated carbocycles. The topological polar surface area (TPSA) is 96.5 Å². The monoisotopic (exact) mass is 407 g/mol. The minimum absolute atomic E-state index is 0.0819. The van der Waals surface area contributed by atoms with Gasteiger partial charge < -0.3 is 10.1 Å². The Hall–Kier alpha value is -2.65. The first kappa shape index (κ1) is 20.7. The van der Waals surface area contributed by atoms with Crippen LogP contribution in [-0.2, 0) is 16.4 Å². The summed E-state index contributed by atoms with van der Waals surface area (Å²) in [5.74, 6) is 0.282. The molecule has 0 radical (unpaired) electrons. The largest absolute Gasteiger partial charge is 0.497 e. The fraction of sp³-hybridized carbons (Fsp3) is 0.222. The number of nitrogens with one attached hydrogen (secondary N) is 3. The summed E-state index contributed by atoms with van der Waals surface area (Å²) in [7, 11) is -1.80. The van der Waals surface area contributed by atoms with Gasteiger partial charge in [-0.05, 0) is 54.5 Å². The van der Waals surface area contributed by atoms with Gasteiger partial charge in [0.2, 0.25) is 0 Å². The Morgan fingerprint density at radius 1 is 1.11 bits per heavy atom. The van der Waals surface area contributed by atoms with Crippen molar-refractivity contribution in [3.05, 3.63) is 59.2 Å². The molecule has 0 unspecified atom stereocenters. The van der Waals surface area contributed by atoms with E-state index >= 15 is 0 Å². The van der Waals surface area contributed by atoms with Crippen molar-refractivity contribution in [1.82, 2.24) is 16.2 Å². The number of benzene rings is 2. The molecule has 0 aliphatic carbocycles. The van der Waals surface area contributed by atoms with E-state index in [0.717, 1.165) is 17.6 Å². The number of ether oxygens (including phenoxy) is 1. The van der Waals surface area contributed by atoms with Gasteiger partial charge in [0.15, 0.2) is 14.9 Å². The van der Waals surface area contributed by atoms with Crippen LogP contribution in [0, 0.1) is 6.92 Å². The first-order valence-corrected chi connectivity index (χ1v) is 10.3. The zero-order valence-electron chi connectivity index (χ0n) is 15.2. The lowest BCUT2D eigenvalue weighted by molar-refractivity contribution is 0.0943. The highest BCUT2D eigenvalue weighted by Crippen LogP contribution is 2.15. The van der Waals surface area contributed by atoms with Crippen LogP contribution < -0.4 is 20.9 Å². The summed E-state index contributed by atoms with van der Waals surface area (Å²) in [6.45, 7) is 2.19. The predicted molar refractivity (Wildman–Crippen MR) is 107 cm³/mol. The Bertz CT molecular complexity index is 942.